The maximum absolute atomic E-state index is 12.9. The van der Waals surface area contributed by atoms with Gasteiger partial charge in [0.15, 0.2) is 0 Å². The highest BCUT2D eigenvalue weighted by Gasteiger charge is 2.41. The number of carbonyl (C=O) groups excluding carboxylic acids is 2. The van der Waals surface area contributed by atoms with Crippen molar-refractivity contribution in [3.8, 4) is 5.69 Å². The Morgan fingerprint density at radius 3 is 2.55 bits per heavy atom. The van der Waals surface area contributed by atoms with Gasteiger partial charge in [0.2, 0.25) is 0 Å². The fourth-order valence-corrected chi connectivity index (χ4v) is 4.18. The number of hydrogen-bond acceptors (Lipinski definition) is 5. The summed E-state index contributed by atoms with van der Waals surface area (Å²) in [6.07, 6.45) is 2.70. The molecule has 144 valence electrons. The van der Waals surface area contributed by atoms with Crippen LogP contribution in [-0.4, -0.2) is 31.4 Å². The highest BCUT2D eigenvalue weighted by atomic mass is 16.6. The number of nitro groups is 1. The molecule has 0 spiro atoms. The van der Waals surface area contributed by atoms with Gasteiger partial charge in [0.05, 0.1) is 28.4 Å². The second-order valence-corrected chi connectivity index (χ2v) is 7.13. The Kier molecular flexibility index (Phi) is 3.80. The van der Waals surface area contributed by atoms with Gasteiger partial charge in [-0.05, 0) is 43.0 Å². The summed E-state index contributed by atoms with van der Waals surface area (Å²) in [6.45, 7) is 0.00562. The fraction of sp³-hybridized carbons (Fsp3) is 0.190. The second kappa shape index (κ2) is 6.37. The molecule has 8 nitrogen and oxygen atoms in total. The number of nitro benzene ring substituents is 1. The summed E-state index contributed by atoms with van der Waals surface area (Å²) in [5.41, 5.74) is 3.33. The van der Waals surface area contributed by atoms with E-state index in [-0.39, 0.29) is 23.4 Å². The van der Waals surface area contributed by atoms with E-state index < -0.39 is 16.7 Å². The Morgan fingerprint density at radius 2 is 1.79 bits per heavy atom. The smallest absolute Gasteiger partial charge is 0.269 e. The molecule has 2 aliphatic rings. The number of carbonyl (C=O) groups is 2. The van der Waals surface area contributed by atoms with Crippen molar-refractivity contribution in [2.45, 2.75) is 25.8 Å². The minimum Gasteiger partial charge on any atom is -0.269 e. The highest BCUT2D eigenvalue weighted by molar-refractivity contribution is 6.23. The summed E-state index contributed by atoms with van der Waals surface area (Å²) in [4.78, 5) is 37.4. The van der Waals surface area contributed by atoms with Crippen LogP contribution in [-0.2, 0) is 19.4 Å². The third-order valence-corrected chi connectivity index (χ3v) is 5.50. The molecule has 2 heterocycles. The molecular weight excluding hydrogens is 372 g/mol. The van der Waals surface area contributed by atoms with Crippen molar-refractivity contribution >= 4 is 17.5 Å². The monoisotopic (exact) mass is 388 g/mol. The van der Waals surface area contributed by atoms with Crippen LogP contribution in [0.5, 0.6) is 0 Å². The highest BCUT2D eigenvalue weighted by Crippen LogP contribution is 2.34. The van der Waals surface area contributed by atoms with Gasteiger partial charge >= 0.3 is 0 Å². The van der Waals surface area contributed by atoms with Crippen LogP contribution >= 0.6 is 0 Å². The van der Waals surface area contributed by atoms with Crippen molar-refractivity contribution in [3.63, 3.8) is 0 Å². The third-order valence-electron chi connectivity index (χ3n) is 5.50. The number of fused-ring (bicyclic) bond motifs is 2. The number of para-hydroxylation sites is 1. The van der Waals surface area contributed by atoms with Crippen LogP contribution in [0.3, 0.4) is 0 Å². The first-order valence-electron chi connectivity index (χ1n) is 9.35. The minimum atomic E-state index is -0.640. The summed E-state index contributed by atoms with van der Waals surface area (Å²) >= 11 is 0. The quantitative estimate of drug-likeness (QED) is 0.389. The lowest BCUT2D eigenvalue weighted by molar-refractivity contribution is -0.385. The van der Waals surface area contributed by atoms with Gasteiger partial charge in [0, 0.05) is 11.8 Å². The van der Waals surface area contributed by atoms with E-state index in [4.69, 9.17) is 5.10 Å². The van der Waals surface area contributed by atoms with Crippen molar-refractivity contribution in [1.29, 1.82) is 0 Å². The zero-order valence-electron chi connectivity index (χ0n) is 15.4. The van der Waals surface area contributed by atoms with Gasteiger partial charge < -0.3 is 0 Å². The van der Waals surface area contributed by atoms with E-state index in [2.05, 4.69) is 0 Å². The van der Waals surface area contributed by atoms with Crippen LogP contribution < -0.4 is 0 Å². The SMILES string of the molecule is O=C1c2cccc([N+](=O)[O-])c2C(=O)N1Cc1nn(-c2ccccc2)c2c1CCC2. The first-order chi connectivity index (χ1) is 14.1. The summed E-state index contributed by atoms with van der Waals surface area (Å²) in [7, 11) is 0. The lowest BCUT2D eigenvalue weighted by Gasteiger charge is -2.12. The van der Waals surface area contributed by atoms with E-state index in [9.17, 15) is 19.7 Å². The number of benzene rings is 2. The van der Waals surface area contributed by atoms with E-state index >= 15 is 0 Å². The molecule has 5 rings (SSSR count). The maximum Gasteiger partial charge on any atom is 0.282 e. The van der Waals surface area contributed by atoms with Crippen molar-refractivity contribution in [3.05, 3.63) is 86.7 Å². The van der Waals surface area contributed by atoms with Crippen LogP contribution in [0, 0.1) is 10.1 Å². The number of imide groups is 1. The van der Waals surface area contributed by atoms with E-state index in [0.29, 0.717) is 5.69 Å². The molecule has 1 aliphatic carbocycles. The van der Waals surface area contributed by atoms with E-state index in [1.807, 2.05) is 35.0 Å². The van der Waals surface area contributed by atoms with Gasteiger partial charge in [-0.3, -0.25) is 24.6 Å². The molecular formula is C21H16N4O4. The summed E-state index contributed by atoms with van der Waals surface area (Å²) in [5.74, 6) is -1.16. The molecule has 0 unspecified atom stereocenters. The van der Waals surface area contributed by atoms with Gasteiger partial charge in [-0.1, -0.05) is 24.3 Å². The molecule has 0 saturated carbocycles. The zero-order valence-corrected chi connectivity index (χ0v) is 15.4. The Bertz CT molecular complexity index is 1180. The molecule has 0 atom stereocenters. The van der Waals surface area contributed by atoms with Crippen LogP contribution in [0.15, 0.2) is 48.5 Å². The predicted molar refractivity (Wildman–Crippen MR) is 103 cm³/mol. The van der Waals surface area contributed by atoms with Crippen LogP contribution in [0.1, 0.15) is 44.1 Å². The van der Waals surface area contributed by atoms with Crippen molar-refractivity contribution in [2.75, 3.05) is 0 Å². The number of hydrogen-bond donors (Lipinski definition) is 0. The maximum atomic E-state index is 12.9. The molecule has 0 saturated heterocycles. The van der Waals surface area contributed by atoms with Crippen LogP contribution in [0.25, 0.3) is 5.69 Å². The molecule has 0 bridgehead atoms. The lowest BCUT2D eigenvalue weighted by Crippen LogP contribution is -2.29. The molecule has 0 fully saturated rings. The molecule has 2 amide bonds. The fourth-order valence-electron chi connectivity index (χ4n) is 4.18. The third kappa shape index (κ3) is 2.56. The van der Waals surface area contributed by atoms with Crippen molar-refractivity contribution in [2.24, 2.45) is 0 Å². The van der Waals surface area contributed by atoms with Crippen molar-refractivity contribution < 1.29 is 14.5 Å². The van der Waals surface area contributed by atoms with E-state index in [1.165, 1.54) is 18.2 Å². The Balaban J connectivity index is 1.54. The standard InChI is InChI=1S/C21H16N4O4/c26-20-15-9-5-11-18(25(28)29)19(15)21(27)23(20)12-16-14-8-4-10-17(14)24(22-16)13-6-2-1-3-7-13/h1-3,5-7,9,11H,4,8,10,12H2. The normalized spacial score (nSPS) is 15.0. The number of aromatic nitrogens is 2. The minimum absolute atomic E-state index is 0.00562. The Labute approximate surface area is 165 Å². The Hall–Kier alpha value is -3.81. The molecule has 2 aromatic carbocycles. The number of rotatable bonds is 4. The van der Waals surface area contributed by atoms with Gasteiger partial charge in [-0.2, -0.15) is 5.10 Å². The van der Waals surface area contributed by atoms with Gasteiger partial charge in [-0.15, -0.1) is 0 Å². The molecule has 1 aliphatic heterocycles. The average Bonchev–Trinajstić information content (AvgIpc) is 3.40. The predicted octanol–water partition coefficient (Wildman–Crippen LogP) is 3.07. The van der Waals surface area contributed by atoms with Gasteiger partial charge in [0.25, 0.3) is 17.5 Å². The molecule has 1 aromatic heterocycles. The molecule has 3 aromatic rings. The topological polar surface area (TPSA) is 98.3 Å². The van der Waals surface area contributed by atoms with E-state index in [1.54, 1.807) is 0 Å². The summed E-state index contributed by atoms with van der Waals surface area (Å²) < 4.78 is 1.87. The molecule has 29 heavy (non-hydrogen) atoms. The average molecular weight is 388 g/mol. The molecule has 8 heteroatoms. The van der Waals surface area contributed by atoms with Crippen molar-refractivity contribution in [1.82, 2.24) is 14.7 Å². The Morgan fingerprint density at radius 1 is 1.00 bits per heavy atom. The second-order valence-electron chi connectivity index (χ2n) is 7.13. The number of amides is 2. The number of nitrogens with zero attached hydrogens (tertiary/aromatic N) is 4. The first-order valence-corrected chi connectivity index (χ1v) is 9.35. The first kappa shape index (κ1) is 17.3. The zero-order chi connectivity index (χ0) is 20.1. The van der Waals surface area contributed by atoms with Gasteiger partial charge in [-0.25, -0.2) is 4.68 Å². The van der Waals surface area contributed by atoms with Gasteiger partial charge in [0.1, 0.15) is 5.56 Å². The molecule has 0 radical (unpaired) electrons. The summed E-state index contributed by atoms with van der Waals surface area (Å²) in [5, 5.41) is 16.0. The lowest BCUT2D eigenvalue weighted by atomic mass is 10.1. The summed E-state index contributed by atoms with van der Waals surface area (Å²) in [6, 6.07) is 13.8. The van der Waals surface area contributed by atoms with Crippen LogP contribution in [0.4, 0.5) is 5.69 Å². The van der Waals surface area contributed by atoms with Crippen LogP contribution in [0.2, 0.25) is 0 Å². The molecule has 0 N–H and O–H groups in total. The van der Waals surface area contributed by atoms with E-state index in [0.717, 1.165) is 41.1 Å². The largest absolute Gasteiger partial charge is 0.282 e.